The summed E-state index contributed by atoms with van der Waals surface area (Å²) in [6, 6.07) is 8.60. The molecule has 0 aliphatic carbocycles. The van der Waals surface area contributed by atoms with Crippen molar-refractivity contribution < 1.29 is 9.53 Å². The van der Waals surface area contributed by atoms with E-state index >= 15 is 0 Å². The Labute approximate surface area is 93.0 Å². The molecule has 1 aliphatic heterocycles. The lowest BCUT2D eigenvalue weighted by Gasteiger charge is -2.26. The molecule has 0 radical (unpaired) electrons. The van der Waals surface area contributed by atoms with E-state index in [1.165, 1.54) is 0 Å². The number of nitriles is 1. The molecule has 0 saturated carbocycles. The van der Waals surface area contributed by atoms with Crippen LogP contribution in [-0.4, -0.2) is 25.3 Å². The van der Waals surface area contributed by atoms with Gasteiger partial charge in [0, 0.05) is 5.69 Å². The van der Waals surface area contributed by atoms with E-state index in [1.54, 1.807) is 24.3 Å². The summed E-state index contributed by atoms with van der Waals surface area (Å²) in [6.45, 7) is 1.12. The number of hydrogen-bond donors (Lipinski definition) is 2. The highest BCUT2D eigenvalue weighted by molar-refractivity contribution is 5.89. The van der Waals surface area contributed by atoms with Crippen LogP contribution in [-0.2, 0) is 4.74 Å². The van der Waals surface area contributed by atoms with Crippen molar-refractivity contribution in [1.29, 1.82) is 5.26 Å². The van der Waals surface area contributed by atoms with E-state index in [4.69, 9.17) is 10.00 Å². The Morgan fingerprint density at radius 1 is 1.50 bits per heavy atom. The third-order valence-electron chi connectivity index (χ3n) is 2.22. The SMILES string of the molecule is N#Cc1cccc(NC(=O)NC2COC2)c1. The van der Waals surface area contributed by atoms with Gasteiger partial charge in [-0.3, -0.25) is 0 Å². The molecule has 0 bridgehead atoms. The van der Waals surface area contributed by atoms with Gasteiger partial charge in [0.2, 0.25) is 0 Å². The zero-order chi connectivity index (χ0) is 11.4. The van der Waals surface area contributed by atoms with Crippen molar-refractivity contribution >= 4 is 11.7 Å². The summed E-state index contributed by atoms with van der Waals surface area (Å²) in [5.41, 5.74) is 1.13. The maximum atomic E-state index is 11.5. The van der Waals surface area contributed by atoms with Crippen molar-refractivity contribution in [3.63, 3.8) is 0 Å². The van der Waals surface area contributed by atoms with Crippen LogP contribution in [0.15, 0.2) is 24.3 Å². The third kappa shape index (κ3) is 2.49. The van der Waals surface area contributed by atoms with E-state index < -0.39 is 0 Å². The molecule has 2 amide bonds. The number of benzene rings is 1. The van der Waals surface area contributed by atoms with Crippen molar-refractivity contribution in [2.24, 2.45) is 0 Å². The predicted molar refractivity (Wildman–Crippen MR) is 57.9 cm³/mol. The van der Waals surface area contributed by atoms with Gasteiger partial charge in [-0.15, -0.1) is 0 Å². The van der Waals surface area contributed by atoms with Gasteiger partial charge >= 0.3 is 6.03 Å². The van der Waals surface area contributed by atoms with E-state index in [-0.39, 0.29) is 12.1 Å². The zero-order valence-electron chi connectivity index (χ0n) is 8.56. The summed E-state index contributed by atoms with van der Waals surface area (Å²) >= 11 is 0. The Morgan fingerprint density at radius 3 is 2.94 bits per heavy atom. The number of nitrogens with zero attached hydrogens (tertiary/aromatic N) is 1. The van der Waals surface area contributed by atoms with Crippen molar-refractivity contribution in [3.05, 3.63) is 29.8 Å². The summed E-state index contributed by atoms with van der Waals surface area (Å²) in [5.74, 6) is 0. The molecule has 1 aromatic carbocycles. The Morgan fingerprint density at radius 2 is 2.31 bits per heavy atom. The lowest BCUT2D eigenvalue weighted by Crippen LogP contribution is -2.49. The molecule has 2 N–H and O–H groups in total. The second-order valence-corrected chi connectivity index (χ2v) is 3.53. The molecule has 2 rings (SSSR count). The van der Waals surface area contributed by atoms with Gasteiger partial charge in [0.15, 0.2) is 0 Å². The molecule has 5 heteroatoms. The van der Waals surface area contributed by atoms with Crippen LogP contribution in [0.3, 0.4) is 0 Å². The number of rotatable bonds is 2. The van der Waals surface area contributed by atoms with Crippen LogP contribution in [0.5, 0.6) is 0 Å². The molecule has 1 fully saturated rings. The lowest BCUT2D eigenvalue weighted by molar-refractivity contribution is 0.000735. The molecular formula is C11H11N3O2. The fourth-order valence-corrected chi connectivity index (χ4v) is 1.34. The number of carbonyl (C=O) groups is 1. The van der Waals surface area contributed by atoms with Gasteiger partial charge in [0.25, 0.3) is 0 Å². The standard InChI is InChI=1S/C11H11N3O2/c12-5-8-2-1-3-9(4-8)13-11(15)14-10-6-16-7-10/h1-4,10H,6-7H2,(H2,13,14,15). The molecule has 1 aliphatic rings. The average Bonchev–Trinajstić information content (AvgIpc) is 2.24. The van der Waals surface area contributed by atoms with E-state index in [1.807, 2.05) is 6.07 Å². The Hall–Kier alpha value is -2.06. The third-order valence-corrected chi connectivity index (χ3v) is 2.22. The lowest BCUT2D eigenvalue weighted by atomic mass is 10.2. The highest BCUT2D eigenvalue weighted by atomic mass is 16.5. The number of carbonyl (C=O) groups excluding carboxylic acids is 1. The quantitative estimate of drug-likeness (QED) is 0.778. The minimum absolute atomic E-state index is 0.0964. The van der Waals surface area contributed by atoms with Gasteiger partial charge in [-0.25, -0.2) is 4.79 Å². The molecule has 0 spiro atoms. The average molecular weight is 217 g/mol. The molecule has 82 valence electrons. The summed E-state index contributed by atoms with van der Waals surface area (Å²) in [4.78, 5) is 11.5. The van der Waals surface area contributed by atoms with Crippen LogP contribution in [0.4, 0.5) is 10.5 Å². The highest BCUT2D eigenvalue weighted by Gasteiger charge is 2.20. The molecule has 1 aromatic rings. The molecule has 1 saturated heterocycles. The normalized spacial score (nSPS) is 14.7. The van der Waals surface area contributed by atoms with Gasteiger partial charge in [-0.1, -0.05) is 6.07 Å². The monoisotopic (exact) mass is 217 g/mol. The molecule has 1 heterocycles. The fraction of sp³-hybridized carbons (Fsp3) is 0.273. The second-order valence-electron chi connectivity index (χ2n) is 3.53. The zero-order valence-corrected chi connectivity index (χ0v) is 8.56. The first-order chi connectivity index (χ1) is 7.78. The first kappa shape index (κ1) is 10.5. The predicted octanol–water partition coefficient (Wildman–Crippen LogP) is 1.08. The second kappa shape index (κ2) is 4.64. The number of nitrogens with one attached hydrogen (secondary N) is 2. The summed E-state index contributed by atoms with van der Waals surface area (Å²) in [5, 5.41) is 14.1. The van der Waals surface area contributed by atoms with E-state index in [0.717, 1.165) is 0 Å². The molecule has 0 atom stereocenters. The van der Waals surface area contributed by atoms with Crippen LogP contribution in [0.1, 0.15) is 5.56 Å². The van der Waals surface area contributed by atoms with Gasteiger partial charge in [-0.05, 0) is 18.2 Å². The fourth-order valence-electron chi connectivity index (χ4n) is 1.34. The molecule has 0 unspecified atom stereocenters. The van der Waals surface area contributed by atoms with Crippen LogP contribution >= 0.6 is 0 Å². The Balaban J connectivity index is 1.92. The van der Waals surface area contributed by atoms with E-state index in [0.29, 0.717) is 24.5 Å². The highest BCUT2D eigenvalue weighted by Crippen LogP contribution is 2.09. The maximum Gasteiger partial charge on any atom is 0.319 e. The van der Waals surface area contributed by atoms with Gasteiger partial charge < -0.3 is 15.4 Å². The molecule has 0 aromatic heterocycles. The largest absolute Gasteiger partial charge is 0.377 e. The first-order valence-corrected chi connectivity index (χ1v) is 4.93. The number of urea groups is 1. The Kier molecular flexibility index (Phi) is 3.03. The van der Waals surface area contributed by atoms with Crippen LogP contribution in [0.2, 0.25) is 0 Å². The number of anilines is 1. The van der Waals surface area contributed by atoms with Gasteiger partial charge in [0.1, 0.15) is 0 Å². The van der Waals surface area contributed by atoms with Crippen molar-refractivity contribution in [2.45, 2.75) is 6.04 Å². The summed E-state index contributed by atoms with van der Waals surface area (Å²) in [6.07, 6.45) is 0. The minimum atomic E-state index is -0.275. The van der Waals surface area contributed by atoms with Gasteiger partial charge in [-0.2, -0.15) is 5.26 Å². The van der Waals surface area contributed by atoms with Crippen LogP contribution in [0.25, 0.3) is 0 Å². The molecule has 16 heavy (non-hydrogen) atoms. The number of ether oxygens (including phenoxy) is 1. The van der Waals surface area contributed by atoms with Crippen molar-refractivity contribution in [1.82, 2.24) is 5.32 Å². The number of amides is 2. The smallest absolute Gasteiger partial charge is 0.319 e. The minimum Gasteiger partial charge on any atom is -0.377 e. The Bertz CT molecular complexity index is 435. The summed E-state index contributed by atoms with van der Waals surface area (Å²) in [7, 11) is 0. The van der Waals surface area contributed by atoms with Crippen molar-refractivity contribution in [2.75, 3.05) is 18.5 Å². The first-order valence-electron chi connectivity index (χ1n) is 4.93. The van der Waals surface area contributed by atoms with E-state index in [9.17, 15) is 4.79 Å². The number of hydrogen-bond acceptors (Lipinski definition) is 3. The van der Waals surface area contributed by atoms with Crippen LogP contribution in [0, 0.1) is 11.3 Å². The van der Waals surface area contributed by atoms with Crippen LogP contribution < -0.4 is 10.6 Å². The summed E-state index contributed by atoms with van der Waals surface area (Å²) < 4.78 is 4.94. The van der Waals surface area contributed by atoms with Crippen molar-refractivity contribution in [3.8, 4) is 6.07 Å². The topological polar surface area (TPSA) is 74.2 Å². The van der Waals surface area contributed by atoms with E-state index in [2.05, 4.69) is 10.6 Å². The molecule has 5 nitrogen and oxygen atoms in total. The maximum absolute atomic E-state index is 11.5. The molecular weight excluding hydrogens is 206 g/mol. The van der Waals surface area contributed by atoms with Gasteiger partial charge in [0.05, 0.1) is 30.9 Å².